The highest BCUT2D eigenvalue weighted by atomic mass is 16.1. The minimum atomic E-state index is 0.320. The van der Waals surface area contributed by atoms with Crippen molar-refractivity contribution in [3.63, 3.8) is 0 Å². The summed E-state index contributed by atoms with van der Waals surface area (Å²) in [6.07, 6.45) is 5.81. The molecule has 0 spiro atoms. The van der Waals surface area contributed by atoms with Crippen LogP contribution in [-0.2, 0) is 4.79 Å². The van der Waals surface area contributed by atoms with Gasteiger partial charge in [-0.2, -0.15) is 0 Å². The van der Waals surface area contributed by atoms with Gasteiger partial charge in [0.25, 0.3) is 0 Å². The van der Waals surface area contributed by atoms with Crippen LogP contribution in [0.4, 0.5) is 0 Å². The minimum absolute atomic E-state index is 0.320. The van der Waals surface area contributed by atoms with Crippen LogP contribution >= 0.6 is 0 Å². The van der Waals surface area contributed by atoms with Crippen molar-refractivity contribution in [3.05, 3.63) is 0 Å². The van der Waals surface area contributed by atoms with Crippen LogP contribution in [0.5, 0.6) is 0 Å². The van der Waals surface area contributed by atoms with Gasteiger partial charge in [0, 0.05) is 12.0 Å². The Balaban J connectivity index is 2.24. The van der Waals surface area contributed by atoms with Crippen molar-refractivity contribution in [3.8, 4) is 0 Å². The molecule has 0 aromatic rings. The first-order chi connectivity index (χ1) is 7.38. The SMILES string of the molecule is CC(=O)C1CCCC(NCCC(C)(C)C)C1. The first kappa shape index (κ1) is 13.7. The van der Waals surface area contributed by atoms with E-state index in [2.05, 4.69) is 26.1 Å². The number of Topliss-reactive ketones (excluding diaryl/α,β-unsaturated/α-hetero) is 1. The maximum absolute atomic E-state index is 11.3. The fourth-order valence-electron chi connectivity index (χ4n) is 2.40. The van der Waals surface area contributed by atoms with Crippen LogP contribution in [0.3, 0.4) is 0 Å². The molecule has 1 rings (SSSR count). The molecule has 0 aliphatic heterocycles. The molecule has 1 saturated carbocycles. The van der Waals surface area contributed by atoms with Gasteiger partial charge in [0.1, 0.15) is 5.78 Å². The van der Waals surface area contributed by atoms with Crippen LogP contribution in [-0.4, -0.2) is 18.4 Å². The summed E-state index contributed by atoms with van der Waals surface area (Å²) in [5.41, 5.74) is 0.404. The van der Waals surface area contributed by atoms with E-state index in [1.165, 1.54) is 19.3 Å². The van der Waals surface area contributed by atoms with Crippen molar-refractivity contribution < 1.29 is 4.79 Å². The van der Waals surface area contributed by atoms with Crippen molar-refractivity contribution in [2.24, 2.45) is 11.3 Å². The molecule has 1 N–H and O–H groups in total. The Kier molecular flexibility index (Phi) is 4.97. The number of carbonyl (C=O) groups excluding carboxylic acids is 1. The predicted octanol–water partition coefficient (Wildman–Crippen LogP) is 3.16. The maximum Gasteiger partial charge on any atom is 0.132 e. The quantitative estimate of drug-likeness (QED) is 0.796. The van der Waals surface area contributed by atoms with Gasteiger partial charge in [0.15, 0.2) is 0 Å². The van der Waals surface area contributed by atoms with Gasteiger partial charge in [-0.25, -0.2) is 0 Å². The highest BCUT2D eigenvalue weighted by Gasteiger charge is 2.24. The van der Waals surface area contributed by atoms with Gasteiger partial charge < -0.3 is 5.32 Å². The highest BCUT2D eigenvalue weighted by Crippen LogP contribution is 2.25. The van der Waals surface area contributed by atoms with Crippen molar-refractivity contribution in [1.82, 2.24) is 5.32 Å². The summed E-state index contributed by atoms with van der Waals surface area (Å²) < 4.78 is 0. The average Bonchev–Trinajstić information content (AvgIpc) is 2.16. The number of nitrogens with one attached hydrogen (secondary N) is 1. The Hall–Kier alpha value is -0.370. The molecule has 0 amide bonds. The number of rotatable bonds is 4. The third-order valence-corrected chi connectivity index (χ3v) is 3.56. The van der Waals surface area contributed by atoms with Crippen molar-refractivity contribution in [2.45, 2.75) is 65.8 Å². The molecule has 2 atom stereocenters. The molecule has 0 saturated heterocycles. The molecular formula is C14H27NO. The van der Waals surface area contributed by atoms with E-state index in [4.69, 9.17) is 0 Å². The summed E-state index contributed by atoms with van der Waals surface area (Å²) in [4.78, 5) is 11.3. The normalized spacial score (nSPS) is 26.8. The van der Waals surface area contributed by atoms with E-state index < -0.39 is 0 Å². The lowest BCUT2D eigenvalue weighted by atomic mass is 9.83. The highest BCUT2D eigenvalue weighted by molar-refractivity contribution is 5.78. The van der Waals surface area contributed by atoms with Crippen LogP contribution < -0.4 is 5.32 Å². The fraction of sp³-hybridized carbons (Fsp3) is 0.929. The first-order valence-electron chi connectivity index (χ1n) is 6.62. The summed E-state index contributed by atoms with van der Waals surface area (Å²) in [5, 5.41) is 3.61. The van der Waals surface area contributed by atoms with Crippen molar-refractivity contribution in [2.75, 3.05) is 6.54 Å². The molecule has 0 bridgehead atoms. The smallest absolute Gasteiger partial charge is 0.132 e. The molecule has 0 radical (unpaired) electrons. The molecule has 0 aromatic carbocycles. The molecule has 0 aromatic heterocycles. The molecule has 0 heterocycles. The summed E-state index contributed by atoms with van der Waals surface area (Å²) in [6, 6.07) is 0.574. The lowest BCUT2D eigenvalue weighted by molar-refractivity contribution is -0.121. The van der Waals surface area contributed by atoms with Gasteiger partial charge in [-0.1, -0.05) is 27.2 Å². The molecule has 1 aliphatic carbocycles. The van der Waals surface area contributed by atoms with Crippen LogP contribution in [0.1, 0.15) is 59.8 Å². The zero-order valence-electron chi connectivity index (χ0n) is 11.3. The fourth-order valence-corrected chi connectivity index (χ4v) is 2.40. The van der Waals surface area contributed by atoms with E-state index in [0.29, 0.717) is 23.2 Å². The van der Waals surface area contributed by atoms with Crippen LogP contribution in [0, 0.1) is 11.3 Å². The number of carbonyl (C=O) groups is 1. The zero-order valence-corrected chi connectivity index (χ0v) is 11.3. The third-order valence-electron chi connectivity index (χ3n) is 3.56. The summed E-state index contributed by atoms with van der Waals surface area (Å²) in [5.74, 6) is 0.697. The summed E-state index contributed by atoms with van der Waals surface area (Å²) >= 11 is 0. The summed E-state index contributed by atoms with van der Waals surface area (Å²) in [7, 11) is 0. The molecule has 1 fully saturated rings. The monoisotopic (exact) mass is 225 g/mol. The molecule has 2 unspecified atom stereocenters. The lowest BCUT2D eigenvalue weighted by Crippen LogP contribution is -2.37. The molecule has 16 heavy (non-hydrogen) atoms. The molecular weight excluding hydrogens is 198 g/mol. The largest absolute Gasteiger partial charge is 0.314 e. The van der Waals surface area contributed by atoms with Crippen molar-refractivity contribution in [1.29, 1.82) is 0 Å². The second-order valence-electron chi connectivity index (χ2n) is 6.44. The Bertz CT molecular complexity index is 229. The van der Waals surface area contributed by atoms with Crippen molar-refractivity contribution >= 4 is 5.78 Å². The topological polar surface area (TPSA) is 29.1 Å². The number of hydrogen-bond donors (Lipinski definition) is 1. The average molecular weight is 225 g/mol. The summed E-state index contributed by atoms with van der Waals surface area (Å²) in [6.45, 7) is 9.64. The molecule has 1 aliphatic rings. The van der Waals surface area contributed by atoms with Gasteiger partial charge >= 0.3 is 0 Å². The first-order valence-corrected chi connectivity index (χ1v) is 6.62. The lowest BCUT2D eigenvalue weighted by Gasteiger charge is -2.29. The minimum Gasteiger partial charge on any atom is -0.314 e. The number of ketones is 1. The standard InChI is InChI=1S/C14H27NO/c1-11(16)12-6-5-7-13(10-12)15-9-8-14(2,3)4/h12-13,15H,5-10H2,1-4H3. The third kappa shape index (κ3) is 5.11. The second-order valence-corrected chi connectivity index (χ2v) is 6.44. The van der Waals surface area contributed by atoms with Gasteiger partial charge in [-0.05, 0) is 44.6 Å². The molecule has 94 valence electrons. The Morgan fingerprint density at radius 1 is 1.31 bits per heavy atom. The van der Waals surface area contributed by atoms with E-state index in [0.717, 1.165) is 19.4 Å². The molecule has 2 nitrogen and oxygen atoms in total. The second kappa shape index (κ2) is 5.81. The van der Waals surface area contributed by atoms with Gasteiger partial charge in [-0.3, -0.25) is 4.79 Å². The Morgan fingerprint density at radius 3 is 2.56 bits per heavy atom. The van der Waals surface area contributed by atoms with Crippen LogP contribution in [0.25, 0.3) is 0 Å². The van der Waals surface area contributed by atoms with Gasteiger partial charge in [0.2, 0.25) is 0 Å². The zero-order chi connectivity index (χ0) is 12.2. The van der Waals surface area contributed by atoms with E-state index in [1.807, 2.05) is 0 Å². The van der Waals surface area contributed by atoms with E-state index in [9.17, 15) is 4.79 Å². The maximum atomic E-state index is 11.3. The Morgan fingerprint density at radius 2 is 2.00 bits per heavy atom. The number of hydrogen-bond acceptors (Lipinski definition) is 2. The molecule has 2 heteroatoms. The van der Waals surface area contributed by atoms with Crippen LogP contribution in [0.15, 0.2) is 0 Å². The van der Waals surface area contributed by atoms with E-state index in [-0.39, 0.29) is 0 Å². The van der Waals surface area contributed by atoms with Crippen LogP contribution in [0.2, 0.25) is 0 Å². The Labute approximate surface area is 100 Å². The van der Waals surface area contributed by atoms with Gasteiger partial charge in [0.05, 0.1) is 0 Å². The van der Waals surface area contributed by atoms with E-state index in [1.54, 1.807) is 6.92 Å². The predicted molar refractivity (Wildman–Crippen MR) is 68.5 cm³/mol. The van der Waals surface area contributed by atoms with E-state index >= 15 is 0 Å². The van der Waals surface area contributed by atoms with Gasteiger partial charge in [-0.15, -0.1) is 0 Å².